The largest absolute Gasteiger partial charge is 0.364 e. The molecule has 12 nitrogen and oxygen atoms in total. The van der Waals surface area contributed by atoms with Crippen molar-refractivity contribution in [3.63, 3.8) is 0 Å². The minimum atomic E-state index is -2.55. The van der Waals surface area contributed by atoms with E-state index >= 15 is 0 Å². The Morgan fingerprint density at radius 2 is 2.10 bits per heavy atom. The molecule has 0 aliphatic rings. The molecule has 1 rings (SSSR count). The molecule has 0 fully saturated rings. The summed E-state index contributed by atoms with van der Waals surface area (Å²) in [6.45, 7) is 5.22. The highest BCUT2D eigenvalue weighted by molar-refractivity contribution is 8.42. The third-order valence-corrected chi connectivity index (χ3v) is 6.12. The second-order valence-electron chi connectivity index (χ2n) is 5.38. The minimum Gasteiger partial charge on any atom is -0.364 e. The molecule has 0 saturated heterocycles. The summed E-state index contributed by atoms with van der Waals surface area (Å²) in [5, 5.41) is 18.0. The summed E-state index contributed by atoms with van der Waals surface area (Å²) in [4.78, 5) is 34.8. The van der Waals surface area contributed by atoms with Crippen molar-refractivity contribution in [2.45, 2.75) is 38.3 Å². The van der Waals surface area contributed by atoms with Crippen LogP contribution in [-0.4, -0.2) is 57.1 Å². The van der Waals surface area contributed by atoms with E-state index in [2.05, 4.69) is 28.5 Å². The van der Waals surface area contributed by atoms with Crippen LogP contribution in [0, 0.1) is 0 Å². The molecule has 0 aromatic carbocycles. The molecule has 5 atom stereocenters. The molecular formula is C14H24N2O10P2S. The number of nitrogens with zero attached hydrogens (tertiary/aromatic N) is 1. The Morgan fingerprint density at radius 1 is 1.41 bits per heavy atom. The van der Waals surface area contributed by atoms with Gasteiger partial charge in [-0.3, -0.25) is 23.2 Å². The summed E-state index contributed by atoms with van der Waals surface area (Å²) in [6, 6.07) is 1.20. The van der Waals surface area contributed by atoms with Crippen LogP contribution in [-0.2, 0) is 22.8 Å². The highest BCUT2D eigenvalue weighted by atomic mass is 32.7. The van der Waals surface area contributed by atoms with E-state index in [1.807, 2.05) is 0 Å². The van der Waals surface area contributed by atoms with Crippen molar-refractivity contribution in [2.75, 3.05) is 13.7 Å². The van der Waals surface area contributed by atoms with Crippen LogP contribution < -0.4 is 11.2 Å². The second kappa shape index (κ2) is 13.6. The van der Waals surface area contributed by atoms with E-state index in [4.69, 9.17) is 28.3 Å². The number of hydrogen-bond donors (Lipinski definition) is 5. The van der Waals surface area contributed by atoms with Crippen LogP contribution in [0.3, 0.4) is 0 Å². The van der Waals surface area contributed by atoms with Crippen LogP contribution in [0.2, 0.25) is 0 Å². The van der Waals surface area contributed by atoms with Gasteiger partial charge in [-0.1, -0.05) is 18.3 Å². The quantitative estimate of drug-likeness (QED) is 0.112. The van der Waals surface area contributed by atoms with E-state index < -0.39 is 52.3 Å². The number of ether oxygens (including phenoxy) is 2. The number of rotatable bonds is 14. The van der Waals surface area contributed by atoms with Crippen molar-refractivity contribution in [1.29, 1.82) is 0 Å². The van der Waals surface area contributed by atoms with E-state index in [1.54, 1.807) is 13.0 Å². The average molecular weight is 474 g/mol. The first-order valence-corrected chi connectivity index (χ1v) is 11.6. The molecule has 0 amide bonds. The van der Waals surface area contributed by atoms with E-state index in [9.17, 15) is 14.5 Å². The van der Waals surface area contributed by atoms with Gasteiger partial charge in [-0.05, 0) is 13.3 Å². The number of aliphatic hydroxyl groups excluding tert-OH is 1. The molecule has 0 bridgehead atoms. The van der Waals surface area contributed by atoms with Crippen molar-refractivity contribution < 1.29 is 37.9 Å². The molecule has 1 heterocycles. The first kappa shape index (κ1) is 26.3. The van der Waals surface area contributed by atoms with E-state index in [-0.39, 0.29) is 6.61 Å². The zero-order valence-electron chi connectivity index (χ0n) is 15.7. The molecule has 0 aliphatic carbocycles. The molecule has 0 saturated carbocycles. The fraction of sp³-hybridized carbons (Fsp3) is 0.571. The molecule has 0 aliphatic heterocycles. The first-order valence-electron chi connectivity index (χ1n) is 8.10. The van der Waals surface area contributed by atoms with Crippen LogP contribution in [0.15, 0.2) is 34.5 Å². The number of methoxy groups -OCH3 is 1. The monoisotopic (exact) mass is 474 g/mol. The third-order valence-electron chi connectivity index (χ3n) is 3.24. The minimum absolute atomic E-state index is 0.0246. The smallest absolute Gasteiger partial charge is 0.338 e. The summed E-state index contributed by atoms with van der Waals surface area (Å²) in [7, 11) is -3.31. The lowest BCUT2D eigenvalue weighted by Gasteiger charge is -2.24. The molecule has 166 valence electrons. The van der Waals surface area contributed by atoms with E-state index in [0.717, 1.165) is 7.11 Å². The van der Waals surface area contributed by atoms with Crippen LogP contribution >= 0.6 is 28.4 Å². The summed E-state index contributed by atoms with van der Waals surface area (Å²) in [5.74, 6) is 0. The number of aliphatic hydroxyl groups is 2. The lowest BCUT2D eigenvalue weighted by Crippen LogP contribution is -2.33. The maximum Gasteiger partial charge on any atom is 0.338 e. The van der Waals surface area contributed by atoms with E-state index in [1.165, 1.54) is 16.8 Å². The number of aromatic amines is 1. The Labute approximate surface area is 174 Å². The Morgan fingerprint density at radius 3 is 2.66 bits per heavy atom. The molecule has 0 radical (unpaired) electrons. The SMILES string of the molecule is C=CCC(COP(S)OP(O)OC(OC)C(O)O)OC(C)n1ccc(=O)[nH]c1=O. The second-order valence-corrected chi connectivity index (χ2v) is 8.43. The van der Waals surface area contributed by atoms with Crippen molar-refractivity contribution in [2.24, 2.45) is 0 Å². The maximum absolute atomic E-state index is 11.8. The predicted octanol–water partition coefficient (Wildman–Crippen LogP) is 0.725. The zero-order valence-corrected chi connectivity index (χ0v) is 18.3. The number of thiol groups is 1. The molecule has 15 heteroatoms. The van der Waals surface area contributed by atoms with Gasteiger partial charge in [0, 0.05) is 19.4 Å². The number of H-pyrrole nitrogens is 1. The Kier molecular flexibility index (Phi) is 12.3. The maximum atomic E-state index is 11.8. The van der Waals surface area contributed by atoms with Gasteiger partial charge in [0.05, 0.1) is 12.7 Å². The Bertz CT molecular complexity index is 733. The molecule has 29 heavy (non-hydrogen) atoms. The Balaban J connectivity index is 2.57. The molecule has 1 aromatic heterocycles. The summed E-state index contributed by atoms with van der Waals surface area (Å²) < 4.78 is 26.7. The van der Waals surface area contributed by atoms with Crippen LogP contribution in [0.4, 0.5) is 0 Å². The van der Waals surface area contributed by atoms with Crippen molar-refractivity contribution in [3.8, 4) is 0 Å². The van der Waals surface area contributed by atoms with Crippen LogP contribution in [0.5, 0.6) is 0 Å². The predicted molar refractivity (Wildman–Crippen MR) is 108 cm³/mol. The molecule has 1 aromatic rings. The van der Waals surface area contributed by atoms with Gasteiger partial charge in [0.25, 0.3) is 5.56 Å². The standard InChI is InChI=1S/C14H24N2O10P2S/c1-4-5-10(24-9(2)16-7-6-11(17)15-14(16)20)8-23-28(29)26-27(21)25-13(22-3)12(18)19/h4,6-7,9-10,12-13,18-19,21,29H,1,5,8H2,2-3H3,(H,15,17,20). The molecular weight excluding hydrogens is 450 g/mol. The van der Waals surface area contributed by atoms with Crippen molar-refractivity contribution >= 4 is 28.4 Å². The number of hydrogen-bond acceptors (Lipinski definition) is 11. The summed E-state index contributed by atoms with van der Waals surface area (Å²) in [6.07, 6.45) is -1.47. The van der Waals surface area contributed by atoms with Gasteiger partial charge in [-0.25, -0.2) is 4.79 Å². The number of aromatic nitrogens is 2. The lowest BCUT2D eigenvalue weighted by atomic mass is 10.2. The van der Waals surface area contributed by atoms with Gasteiger partial charge in [0.1, 0.15) is 6.23 Å². The molecule has 0 spiro atoms. The first-order chi connectivity index (χ1) is 13.7. The van der Waals surface area contributed by atoms with Gasteiger partial charge in [0.2, 0.25) is 20.2 Å². The van der Waals surface area contributed by atoms with Gasteiger partial charge in [-0.15, -0.1) is 6.58 Å². The van der Waals surface area contributed by atoms with E-state index in [0.29, 0.717) is 6.42 Å². The van der Waals surface area contributed by atoms with Gasteiger partial charge < -0.3 is 29.1 Å². The normalized spacial score (nSPS) is 16.9. The topological polar surface area (TPSA) is 162 Å². The molecule has 5 unspecified atom stereocenters. The van der Waals surface area contributed by atoms with Gasteiger partial charge in [0.15, 0.2) is 0 Å². The lowest BCUT2D eigenvalue weighted by molar-refractivity contribution is -0.209. The highest BCUT2D eigenvalue weighted by Crippen LogP contribution is 2.55. The van der Waals surface area contributed by atoms with Gasteiger partial charge in [-0.2, -0.15) is 0 Å². The van der Waals surface area contributed by atoms with Crippen molar-refractivity contribution in [3.05, 3.63) is 45.8 Å². The average Bonchev–Trinajstić information content (AvgIpc) is 2.63. The fourth-order valence-electron chi connectivity index (χ4n) is 1.96. The Hall–Kier alpha value is -0.690. The van der Waals surface area contributed by atoms with Crippen LogP contribution in [0.25, 0.3) is 0 Å². The summed E-state index contributed by atoms with van der Waals surface area (Å²) >= 11 is 4.06. The number of nitrogens with one attached hydrogen (secondary N) is 1. The summed E-state index contributed by atoms with van der Waals surface area (Å²) in [5.41, 5.74) is -1.14. The fourth-order valence-corrected chi connectivity index (χ4v) is 4.21. The highest BCUT2D eigenvalue weighted by Gasteiger charge is 2.25. The molecule has 4 N–H and O–H groups in total. The van der Waals surface area contributed by atoms with Crippen molar-refractivity contribution in [1.82, 2.24) is 9.55 Å². The van der Waals surface area contributed by atoms with Gasteiger partial charge >= 0.3 is 14.3 Å². The third kappa shape index (κ3) is 9.77. The van der Waals surface area contributed by atoms with Crippen LogP contribution in [0.1, 0.15) is 19.6 Å². The zero-order chi connectivity index (χ0) is 22.0.